The van der Waals surface area contributed by atoms with E-state index in [0.29, 0.717) is 21.4 Å². The van der Waals surface area contributed by atoms with Gasteiger partial charge < -0.3 is 4.74 Å². The summed E-state index contributed by atoms with van der Waals surface area (Å²) < 4.78 is 35.8. The first-order valence-electron chi connectivity index (χ1n) is 6.89. The van der Waals surface area contributed by atoms with Crippen LogP contribution in [0.25, 0.3) is 0 Å². The van der Waals surface area contributed by atoms with Crippen molar-refractivity contribution >= 4 is 26.0 Å². The second kappa shape index (κ2) is 6.37. The molecule has 1 heterocycles. The van der Waals surface area contributed by atoms with Crippen molar-refractivity contribution in [3.8, 4) is 0 Å². The Kier molecular flexibility index (Phi) is 5.03. The van der Waals surface area contributed by atoms with Gasteiger partial charge in [0.25, 0.3) is 0 Å². The average molecular weight is 404 g/mol. The van der Waals surface area contributed by atoms with Crippen LogP contribution in [0.3, 0.4) is 0 Å². The van der Waals surface area contributed by atoms with Gasteiger partial charge in [0.2, 0.25) is 0 Å². The molecule has 0 saturated heterocycles. The Morgan fingerprint density at radius 3 is 2.30 bits per heavy atom. The Balaban J connectivity index is 2.43. The van der Waals surface area contributed by atoms with E-state index in [-0.39, 0.29) is 11.4 Å². The highest BCUT2D eigenvalue weighted by Crippen LogP contribution is 2.29. The Labute approximate surface area is 144 Å². The number of aryl methyl sites for hydroxylation is 3. The molecule has 6 nitrogen and oxygen atoms in total. The molecule has 1 aliphatic rings. The Hall–Kier alpha value is -1.19. The first-order chi connectivity index (χ1) is 10.6. The van der Waals surface area contributed by atoms with Crippen LogP contribution in [0.2, 0.25) is 0 Å². The van der Waals surface area contributed by atoms with Crippen molar-refractivity contribution in [3.63, 3.8) is 0 Å². The first-order valence-corrected chi connectivity index (χ1v) is 9.10. The summed E-state index contributed by atoms with van der Waals surface area (Å²) in [6, 6.07) is 3.60. The Morgan fingerprint density at radius 2 is 1.78 bits per heavy atom. The topological polar surface area (TPSA) is 78.6 Å². The molecule has 0 aromatic heterocycles. The predicted molar refractivity (Wildman–Crippen MR) is 90.3 cm³/mol. The van der Waals surface area contributed by atoms with Gasteiger partial charge in [0, 0.05) is 6.08 Å². The normalized spacial score (nSPS) is 21.7. The van der Waals surface area contributed by atoms with Crippen LogP contribution in [0.4, 0.5) is 0 Å². The summed E-state index contributed by atoms with van der Waals surface area (Å²) in [5.41, 5.74) is 2.23. The van der Waals surface area contributed by atoms with Gasteiger partial charge in [-0.15, -0.1) is 5.84 Å². The van der Waals surface area contributed by atoms with E-state index >= 15 is 0 Å². The SMILES string of the molecule is COC1=C[N+](N)(OS(=O)(=O)c2c(C)cc(C)cc2C)CC(Br)=C1. The fraction of sp³-hybridized carbons (Fsp3) is 0.333. The monoisotopic (exact) mass is 403 g/mol. The van der Waals surface area contributed by atoms with Crippen molar-refractivity contribution in [2.24, 2.45) is 5.84 Å². The molecular formula is C15H20BrN2O4S+. The Bertz CT molecular complexity index is 779. The molecule has 0 radical (unpaired) electrons. The van der Waals surface area contributed by atoms with Crippen molar-refractivity contribution in [2.45, 2.75) is 25.7 Å². The second-order valence-electron chi connectivity index (χ2n) is 5.60. The highest BCUT2D eigenvalue weighted by Gasteiger charge is 2.38. The number of methoxy groups -OCH3 is 1. The van der Waals surface area contributed by atoms with E-state index < -0.39 is 14.9 Å². The fourth-order valence-electron chi connectivity index (χ4n) is 2.67. The molecule has 8 heteroatoms. The number of hydroxylamine groups is 2. The molecule has 0 spiro atoms. The summed E-state index contributed by atoms with van der Waals surface area (Å²) in [5.74, 6) is 6.49. The van der Waals surface area contributed by atoms with Gasteiger partial charge in [-0.25, -0.2) is 0 Å². The van der Waals surface area contributed by atoms with Gasteiger partial charge in [0.05, 0.1) is 11.6 Å². The zero-order valence-corrected chi connectivity index (χ0v) is 15.9. The van der Waals surface area contributed by atoms with E-state index in [1.54, 1.807) is 32.1 Å². The number of hydrogen-bond acceptors (Lipinski definition) is 5. The van der Waals surface area contributed by atoms with Gasteiger partial charge in [-0.3, -0.25) is 0 Å². The number of nitrogens with two attached hydrogens (primary N) is 1. The maximum atomic E-state index is 12.7. The minimum Gasteiger partial charge on any atom is -0.491 e. The molecule has 2 N–H and O–H groups in total. The number of ether oxygens (including phenoxy) is 1. The zero-order chi connectivity index (χ0) is 17.4. The van der Waals surface area contributed by atoms with E-state index in [2.05, 4.69) is 15.9 Å². The average Bonchev–Trinajstić information content (AvgIpc) is 2.33. The van der Waals surface area contributed by atoms with Crippen molar-refractivity contribution in [1.29, 1.82) is 0 Å². The standard InChI is InChI=1S/C15H20BrN2O4S/c1-10-5-11(2)15(12(3)6-10)23(19,20)22-18(17)8-13(16)7-14(9-18)21-4/h5-7,9H,8,17H2,1-4H3/q+1. The lowest BCUT2D eigenvalue weighted by Gasteiger charge is -2.27. The lowest BCUT2D eigenvalue weighted by molar-refractivity contribution is -1.05. The summed E-state index contributed by atoms with van der Waals surface area (Å²) in [4.78, 5) is 0.143. The molecule has 1 aliphatic heterocycles. The number of benzene rings is 1. The van der Waals surface area contributed by atoms with Crippen molar-refractivity contribution < 1.29 is 22.2 Å². The summed E-state index contributed by atoms with van der Waals surface area (Å²) >= 11 is 3.32. The summed E-state index contributed by atoms with van der Waals surface area (Å²) in [7, 11) is -2.58. The molecular weight excluding hydrogens is 384 g/mol. The van der Waals surface area contributed by atoms with Gasteiger partial charge in [0.1, 0.15) is 4.90 Å². The lowest BCUT2D eigenvalue weighted by Crippen LogP contribution is -2.53. The highest BCUT2D eigenvalue weighted by molar-refractivity contribution is 9.11. The van der Waals surface area contributed by atoms with Gasteiger partial charge in [-0.1, -0.05) is 22.5 Å². The van der Waals surface area contributed by atoms with Gasteiger partial charge in [0.15, 0.2) is 18.5 Å². The fourth-order valence-corrected chi connectivity index (χ4v) is 4.73. The van der Waals surface area contributed by atoms with Gasteiger partial charge in [-0.05, 0) is 52.1 Å². The van der Waals surface area contributed by atoms with Crippen LogP contribution in [-0.2, 0) is 19.1 Å². The van der Waals surface area contributed by atoms with E-state index in [1.165, 1.54) is 13.3 Å². The van der Waals surface area contributed by atoms with Crippen molar-refractivity contribution in [2.75, 3.05) is 13.7 Å². The largest absolute Gasteiger partial charge is 0.491 e. The minimum absolute atomic E-state index is 0.135. The number of halogens is 1. The zero-order valence-electron chi connectivity index (χ0n) is 13.5. The smallest absolute Gasteiger partial charge is 0.346 e. The van der Waals surface area contributed by atoms with E-state index in [0.717, 1.165) is 5.56 Å². The molecule has 23 heavy (non-hydrogen) atoms. The third-order valence-corrected chi connectivity index (χ3v) is 5.47. The number of allylic oxidation sites excluding steroid dienone is 1. The third kappa shape index (κ3) is 4.02. The van der Waals surface area contributed by atoms with Crippen LogP contribution in [0.15, 0.2) is 39.5 Å². The highest BCUT2D eigenvalue weighted by atomic mass is 79.9. The van der Waals surface area contributed by atoms with Gasteiger partial charge >= 0.3 is 10.1 Å². The van der Waals surface area contributed by atoms with Crippen LogP contribution in [0.1, 0.15) is 16.7 Å². The van der Waals surface area contributed by atoms with Crippen molar-refractivity contribution in [3.05, 3.63) is 51.3 Å². The number of quaternary nitrogens is 1. The summed E-state index contributed by atoms with van der Waals surface area (Å²) in [6.45, 7) is 5.52. The predicted octanol–water partition coefficient (Wildman–Crippen LogP) is 2.70. The van der Waals surface area contributed by atoms with Crippen LogP contribution in [-0.4, -0.2) is 26.8 Å². The number of nitrogens with zero attached hydrogens (tertiary/aromatic N) is 1. The molecule has 1 atom stereocenters. The molecule has 0 saturated carbocycles. The molecule has 0 fully saturated rings. The van der Waals surface area contributed by atoms with Crippen LogP contribution in [0.5, 0.6) is 0 Å². The molecule has 1 aromatic rings. The number of rotatable bonds is 4. The molecule has 1 unspecified atom stereocenters. The number of hydrogen-bond donors (Lipinski definition) is 1. The van der Waals surface area contributed by atoms with E-state index in [1.807, 2.05) is 6.92 Å². The maximum absolute atomic E-state index is 12.7. The summed E-state index contributed by atoms with van der Waals surface area (Å²) in [6.07, 6.45) is 3.11. The molecule has 0 bridgehead atoms. The van der Waals surface area contributed by atoms with E-state index in [9.17, 15) is 8.42 Å². The van der Waals surface area contributed by atoms with Gasteiger partial charge in [-0.2, -0.15) is 8.42 Å². The van der Waals surface area contributed by atoms with Crippen LogP contribution < -0.4 is 5.84 Å². The van der Waals surface area contributed by atoms with Crippen molar-refractivity contribution in [1.82, 2.24) is 0 Å². The first kappa shape index (κ1) is 18.2. The lowest BCUT2D eigenvalue weighted by atomic mass is 10.1. The van der Waals surface area contributed by atoms with E-state index in [4.69, 9.17) is 14.9 Å². The van der Waals surface area contributed by atoms with Crippen LogP contribution >= 0.6 is 15.9 Å². The Morgan fingerprint density at radius 1 is 1.22 bits per heavy atom. The second-order valence-corrected chi connectivity index (χ2v) is 8.08. The summed E-state index contributed by atoms with van der Waals surface area (Å²) in [5, 5.41) is 0. The minimum atomic E-state index is -4.05. The molecule has 126 valence electrons. The molecule has 1 aromatic carbocycles. The third-order valence-electron chi connectivity index (χ3n) is 3.37. The van der Waals surface area contributed by atoms with Crippen LogP contribution in [0, 0.1) is 20.8 Å². The quantitative estimate of drug-likeness (QED) is 0.617. The molecule has 0 amide bonds. The molecule has 0 aliphatic carbocycles. The maximum Gasteiger partial charge on any atom is 0.346 e. The molecule has 2 rings (SSSR count).